The van der Waals surface area contributed by atoms with Gasteiger partial charge in [-0.2, -0.15) is 0 Å². The van der Waals surface area contributed by atoms with Gasteiger partial charge < -0.3 is 9.64 Å². The van der Waals surface area contributed by atoms with E-state index in [2.05, 4.69) is 11.4 Å². The first-order valence-electron chi connectivity index (χ1n) is 6.77. The molecule has 104 valence electrons. The van der Waals surface area contributed by atoms with Crippen molar-refractivity contribution in [2.24, 2.45) is 0 Å². The summed E-state index contributed by atoms with van der Waals surface area (Å²) in [5.41, 5.74) is 2.25. The van der Waals surface area contributed by atoms with Gasteiger partial charge in [0.2, 0.25) is 5.91 Å². The molecule has 1 aliphatic rings. The number of anilines is 1. The van der Waals surface area contributed by atoms with Gasteiger partial charge in [-0.05, 0) is 48.1 Å². The predicted octanol–water partition coefficient (Wildman–Crippen LogP) is 3.28. The molecule has 0 aliphatic carbocycles. The molecule has 1 aromatic heterocycles. The van der Waals surface area contributed by atoms with Gasteiger partial charge >= 0.3 is 0 Å². The summed E-state index contributed by atoms with van der Waals surface area (Å²) >= 11 is 1.71. The molecule has 0 saturated carbocycles. The normalized spacial score (nSPS) is 13.3. The van der Waals surface area contributed by atoms with Gasteiger partial charge in [-0.1, -0.05) is 6.07 Å². The molecule has 2 aromatic rings. The summed E-state index contributed by atoms with van der Waals surface area (Å²) in [5.74, 6) is 1.07. The minimum atomic E-state index is 0.210. The van der Waals surface area contributed by atoms with E-state index < -0.39 is 0 Å². The third-order valence-electron chi connectivity index (χ3n) is 3.65. The molecule has 0 unspecified atom stereocenters. The van der Waals surface area contributed by atoms with E-state index in [1.54, 1.807) is 18.4 Å². The number of hydrogen-bond donors (Lipinski definition) is 0. The van der Waals surface area contributed by atoms with E-state index in [-0.39, 0.29) is 5.91 Å². The SMILES string of the molecule is COc1ccc2c(c1)CCN2C(=O)CCc1cccs1. The zero-order valence-electron chi connectivity index (χ0n) is 11.5. The highest BCUT2D eigenvalue weighted by molar-refractivity contribution is 7.09. The van der Waals surface area contributed by atoms with E-state index >= 15 is 0 Å². The number of thiophene rings is 1. The van der Waals surface area contributed by atoms with Gasteiger partial charge in [-0.3, -0.25) is 4.79 Å². The Bertz CT molecular complexity index is 607. The number of carbonyl (C=O) groups excluding carboxylic acids is 1. The lowest BCUT2D eigenvalue weighted by Gasteiger charge is -2.17. The van der Waals surface area contributed by atoms with Crippen LogP contribution in [0, 0.1) is 0 Å². The Labute approximate surface area is 122 Å². The number of aryl methyl sites for hydroxylation is 1. The molecule has 3 rings (SSSR count). The second-order valence-corrected chi connectivity index (χ2v) is 5.90. The van der Waals surface area contributed by atoms with Crippen molar-refractivity contribution in [3.8, 4) is 5.75 Å². The van der Waals surface area contributed by atoms with Gasteiger partial charge in [0.05, 0.1) is 7.11 Å². The van der Waals surface area contributed by atoms with Crippen LogP contribution in [0.15, 0.2) is 35.7 Å². The minimum absolute atomic E-state index is 0.210. The van der Waals surface area contributed by atoms with Crippen molar-refractivity contribution >= 4 is 22.9 Å². The highest BCUT2D eigenvalue weighted by Gasteiger charge is 2.24. The van der Waals surface area contributed by atoms with Crippen molar-refractivity contribution < 1.29 is 9.53 Å². The van der Waals surface area contributed by atoms with Crippen LogP contribution in [0.1, 0.15) is 16.9 Å². The number of hydrogen-bond acceptors (Lipinski definition) is 3. The third-order valence-corrected chi connectivity index (χ3v) is 4.58. The number of methoxy groups -OCH3 is 1. The van der Waals surface area contributed by atoms with Crippen molar-refractivity contribution in [2.45, 2.75) is 19.3 Å². The summed E-state index contributed by atoms with van der Waals surface area (Å²) in [5, 5.41) is 2.05. The summed E-state index contributed by atoms with van der Waals surface area (Å²) in [7, 11) is 1.67. The molecule has 0 bridgehead atoms. The average Bonchev–Trinajstić information content (AvgIpc) is 3.13. The summed E-state index contributed by atoms with van der Waals surface area (Å²) in [6.07, 6.45) is 2.32. The molecule has 0 radical (unpaired) electrons. The lowest BCUT2D eigenvalue weighted by atomic mass is 10.1. The molecule has 0 atom stereocenters. The lowest BCUT2D eigenvalue weighted by molar-refractivity contribution is -0.118. The number of rotatable bonds is 4. The fraction of sp³-hybridized carbons (Fsp3) is 0.312. The summed E-state index contributed by atoms with van der Waals surface area (Å²) in [4.78, 5) is 15.5. The Morgan fingerprint density at radius 3 is 3.05 bits per heavy atom. The first-order valence-corrected chi connectivity index (χ1v) is 7.65. The van der Waals surface area contributed by atoms with Crippen LogP contribution in [0.5, 0.6) is 5.75 Å². The maximum atomic E-state index is 12.4. The smallest absolute Gasteiger partial charge is 0.227 e. The Hall–Kier alpha value is -1.81. The van der Waals surface area contributed by atoms with Crippen LogP contribution in [0.4, 0.5) is 5.69 Å². The standard InChI is InChI=1S/C16H17NO2S/c1-19-13-4-6-15-12(11-13)8-9-17(15)16(18)7-5-14-3-2-10-20-14/h2-4,6,10-11H,5,7-9H2,1H3. The Kier molecular flexibility index (Phi) is 3.74. The van der Waals surface area contributed by atoms with Crippen LogP contribution in [-0.4, -0.2) is 19.6 Å². The maximum absolute atomic E-state index is 12.4. The van der Waals surface area contributed by atoms with Crippen LogP contribution in [-0.2, 0) is 17.6 Å². The Morgan fingerprint density at radius 2 is 2.30 bits per heavy atom. The largest absolute Gasteiger partial charge is 0.497 e. The van der Waals surface area contributed by atoms with Crippen LogP contribution in [0.3, 0.4) is 0 Å². The molecule has 1 amide bonds. The summed E-state index contributed by atoms with van der Waals surface area (Å²) in [6.45, 7) is 0.784. The van der Waals surface area contributed by atoms with Gasteiger partial charge in [0, 0.05) is 23.5 Å². The lowest BCUT2D eigenvalue weighted by Crippen LogP contribution is -2.28. The van der Waals surface area contributed by atoms with E-state index in [4.69, 9.17) is 4.74 Å². The summed E-state index contributed by atoms with van der Waals surface area (Å²) in [6, 6.07) is 10.1. The van der Waals surface area contributed by atoms with Crippen molar-refractivity contribution in [3.05, 3.63) is 46.2 Å². The molecule has 0 saturated heterocycles. The quantitative estimate of drug-likeness (QED) is 0.863. The molecule has 4 heteroatoms. The first kappa shape index (κ1) is 13.2. The molecule has 1 aromatic carbocycles. The zero-order valence-corrected chi connectivity index (χ0v) is 12.3. The summed E-state index contributed by atoms with van der Waals surface area (Å²) < 4.78 is 5.23. The number of carbonyl (C=O) groups is 1. The predicted molar refractivity (Wildman–Crippen MR) is 81.7 cm³/mol. The molecule has 0 N–H and O–H groups in total. The molecular weight excluding hydrogens is 270 g/mol. The van der Waals surface area contributed by atoms with Gasteiger partial charge in [0.15, 0.2) is 0 Å². The van der Waals surface area contributed by atoms with Crippen LogP contribution in [0.25, 0.3) is 0 Å². The fourth-order valence-corrected chi connectivity index (χ4v) is 3.29. The minimum Gasteiger partial charge on any atom is -0.497 e. The van der Waals surface area contributed by atoms with Crippen molar-refractivity contribution in [1.29, 1.82) is 0 Å². The number of benzene rings is 1. The van der Waals surface area contributed by atoms with E-state index in [0.717, 1.165) is 30.8 Å². The Balaban J connectivity index is 1.69. The van der Waals surface area contributed by atoms with Gasteiger partial charge in [-0.25, -0.2) is 0 Å². The highest BCUT2D eigenvalue weighted by atomic mass is 32.1. The molecular formula is C16H17NO2S. The topological polar surface area (TPSA) is 29.5 Å². The van der Waals surface area contributed by atoms with Crippen LogP contribution >= 0.6 is 11.3 Å². The molecule has 0 spiro atoms. The maximum Gasteiger partial charge on any atom is 0.227 e. The Morgan fingerprint density at radius 1 is 1.40 bits per heavy atom. The van der Waals surface area contributed by atoms with Crippen LogP contribution in [0.2, 0.25) is 0 Å². The number of amides is 1. The second kappa shape index (κ2) is 5.67. The van der Waals surface area contributed by atoms with Crippen molar-refractivity contribution in [3.63, 3.8) is 0 Å². The molecule has 20 heavy (non-hydrogen) atoms. The van der Waals surface area contributed by atoms with Gasteiger partial charge in [-0.15, -0.1) is 11.3 Å². The monoisotopic (exact) mass is 287 g/mol. The third kappa shape index (κ3) is 2.56. The van der Waals surface area contributed by atoms with Gasteiger partial charge in [0.25, 0.3) is 0 Å². The number of fused-ring (bicyclic) bond motifs is 1. The van der Waals surface area contributed by atoms with E-state index in [1.165, 1.54) is 10.4 Å². The molecule has 2 heterocycles. The van der Waals surface area contributed by atoms with E-state index in [1.807, 2.05) is 29.2 Å². The zero-order chi connectivity index (χ0) is 13.9. The number of nitrogens with zero attached hydrogens (tertiary/aromatic N) is 1. The van der Waals surface area contributed by atoms with Crippen LogP contribution < -0.4 is 9.64 Å². The van der Waals surface area contributed by atoms with E-state index in [0.29, 0.717) is 6.42 Å². The molecule has 3 nitrogen and oxygen atoms in total. The van der Waals surface area contributed by atoms with Crippen molar-refractivity contribution in [2.75, 3.05) is 18.6 Å². The molecule has 0 fully saturated rings. The fourth-order valence-electron chi connectivity index (χ4n) is 2.58. The average molecular weight is 287 g/mol. The number of ether oxygens (including phenoxy) is 1. The highest BCUT2D eigenvalue weighted by Crippen LogP contribution is 2.31. The van der Waals surface area contributed by atoms with Gasteiger partial charge in [0.1, 0.15) is 5.75 Å². The van der Waals surface area contributed by atoms with E-state index in [9.17, 15) is 4.79 Å². The molecule has 1 aliphatic heterocycles. The first-order chi connectivity index (χ1) is 9.78. The van der Waals surface area contributed by atoms with Crippen molar-refractivity contribution in [1.82, 2.24) is 0 Å². The second-order valence-electron chi connectivity index (χ2n) is 4.87.